The van der Waals surface area contributed by atoms with Gasteiger partial charge in [0.25, 0.3) is 5.91 Å². The van der Waals surface area contributed by atoms with Crippen molar-refractivity contribution in [1.29, 1.82) is 0 Å². The number of aromatic nitrogens is 1. The number of carbonyl (C=O) groups excluding carboxylic acids is 2. The van der Waals surface area contributed by atoms with Crippen molar-refractivity contribution in [2.45, 2.75) is 87.8 Å². The predicted molar refractivity (Wildman–Crippen MR) is 181 cm³/mol. The molecule has 18 heteroatoms. The molecule has 4 heterocycles. The fraction of sp³-hybridized carbons (Fsp3) is 0.600. The summed E-state index contributed by atoms with van der Waals surface area (Å²) in [6.45, 7) is 5.45. The highest BCUT2D eigenvalue weighted by Crippen LogP contribution is 2.39. The molecule has 0 radical (unpaired) electrons. The second-order valence-corrected chi connectivity index (χ2v) is 14.2. The molecule has 3 fully saturated rings. The van der Waals surface area contributed by atoms with E-state index in [0.717, 1.165) is 25.3 Å². The van der Waals surface area contributed by atoms with E-state index in [-0.39, 0.29) is 43.2 Å². The van der Waals surface area contributed by atoms with E-state index in [1.807, 2.05) is 4.90 Å². The summed E-state index contributed by atoms with van der Waals surface area (Å²) in [5.74, 6) is -2.53. The summed E-state index contributed by atoms with van der Waals surface area (Å²) >= 11 is 0. The molecule has 1 aromatic heterocycles. The van der Waals surface area contributed by atoms with Gasteiger partial charge in [-0.2, -0.15) is 13.2 Å². The van der Waals surface area contributed by atoms with E-state index in [9.17, 15) is 53.1 Å². The maximum Gasteiger partial charge on any atom is 0.416 e. The topological polar surface area (TPSA) is 214 Å². The van der Waals surface area contributed by atoms with Crippen LogP contribution in [0.1, 0.15) is 53.2 Å². The van der Waals surface area contributed by atoms with E-state index in [2.05, 4.69) is 15.6 Å². The van der Waals surface area contributed by atoms with Gasteiger partial charge in [0.2, 0.25) is 5.91 Å². The average Bonchev–Trinajstić information content (AvgIpc) is 3.53. The number of halogens is 3. The molecule has 1 spiro atoms. The zero-order valence-electron chi connectivity index (χ0n) is 29.6. The van der Waals surface area contributed by atoms with Gasteiger partial charge in [-0.3, -0.25) is 14.5 Å². The number of carboxylic acid groups (broad SMARTS) is 1. The summed E-state index contributed by atoms with van der Waals surface area (Å²) in [5, 5.41) is 59.2. The fourth-order valence-corrected chi connectivity index (χ4v) is 7.52. The van der Waals surface area contributed by atoms with E-state index in [1.54, 1.807) is 18.7 Å². The fourth-order valence-electron chi connectivity index (χ4n) is 7.52. The molecule has 3 saturated heterocycles. The number of aliphatic carboxylic acids is 1. The first-order valence-corrected chi connectivity index (χ1v) is 17.3. The Kier molecular flexibility index (Phi) is 11.9. The van der Waals surface area contributed by atoms with Crippen LogP contribution in [0.3, 0.4) is 0 Å². The number of carboxylic acids is 1. The van der Waals surface area contributed by atoms with Gasteiger partial charge in [0.05, 0.1) is 42.6 Å². The van der Waals surface area contributed by atoms with Crippen LogP contribution < -0.4 is 15.5 Å². The summed E-state index contributed by atoms with van der Waals surface area (Å²) in [7, 11) is 0. The van der Waals surface area contributed by atoms with Crippen LogP contribution in [0.5, 0.6) is 5.75 Å². The first-order chi connectivity index (χ1) is 24.9. The molecule has 3 aliphatic rings. The number of ether oxygens (including phenoxy) is 2. The van der Waals surface area contributed by atoms with Crippen LogP contribution in [0.25, 0.3) is 0 Å². The van der Waals surface area contributed by atoms with Gasteiger partial charge in [-0.05, 0) is 55.7 Å². The lowest BCUT2D eigenvalue weighted by molar-refractivity contribution is -0.231. The molecule has 2 aromatic rings. The largest absolute Gasteiger partial charge is 0.507 e. The van der Waals surface area contributed by atoms with Crippen molar-refractivity contribution in [3.05, 3.63) is 52.7 Å². The maximum absolute atomic E-state index is 13.4. The zero-order valence-corrected chi connectivity index (χ0v) is 29.6. The Morgan fingerprint density at radius 1 is 1.13 bits per heavy atom. The van der Waals surface area contributed by atoms with Gasteiger partial charge in [0, 0.05) is 64.2 Å². The van der Waals surface area contributed by atoms with Gasteiger partial charge < -0.3 is 50.5 Å². The smallest absolute Gasteiger partial charge is 0.416 e. The summed E-state index contributed by atoms with van der Waals surface area (Å²) in [5.41, 5.74) is -2.57. The van der Waals surface area contributed by atoms with Crippen molar-refractivity contribution in [3.63, 3.8) is 0 Å². The Hall–Kier alpha value is -4.07. The zero-order chi connectivity index (χ0) is 38.9. The van der Waals surface area contributed by atoms with Crippen molar-refractivity contribution >= 4 is 23.6 Å². The van der Waals surface area contributed by atoms with Crippen molar-refractivity contribution < 1.29 is 62.6 Å². The molecular weight excluding hydrogens is 707 g/mol. The van der Waals surface area contributed by atoms with Crippen LogP contribution in [0.2, 0.25) is 0 Å². The van der Waals surface area contributed by atoms with E-state index < -0.39 is 84.1 Å². The van der Waals surface area contributed by atoms with Crippen molar-refractivity contribution in [1.82, 2.24) is 20.5 Å². The van der Waals surface area contributed by atoms with Gasteiger partial charge in [-0.1, -0.05) is 0 Å². The normalized spacial score (nSPS) is 27.7. The maximum atomic E-state index is 13.4. The highest BCUT2D eigenvalue weighted by molar-refractivity contribution is 5.94. The molecule has 292 valence electrons. The Bertz CT molecular complexity index is 1660. The van der Waals surface area contributed by atoms with Gasteiger partial charge in [-0.25, -0.2) is 9.78 Å². The molecule has 5 rings (SSSR count). The second-order valence-electron chi connectivity index (χ2n) is 14.2. The highest BCUT2D eigenvalue weighted by Gasteiger charge is 2.55. The lowest BCUT2D eigenvalue weighted by Crippen LogP contribution is -2.68. The van der Waals surface area contributed by atoms with Crippen LogP contribution in [0, 0.1) is 13.8 Å². The van der Waals surface area contributed by atoms with E-state index >= 15 is 0 Å². The number of aromatic hydroxyl groups is 1. The minimum atomic E-state index is -4.55. The standard InChI is InChI=1S/C35H46F3N5O10/c1-19-12-22(13-20(2)28(19)47)31(49)40-16-25(46)29(48)30-27(41-21(3)44)24(45)15-34(53-30,32(50)51)6-9-43-10-11-52-18-33(43)5-8-42(17-33)26-14-23(4-7-39-26)35(36,37)38/h4,7,12-14,24-25,27,29-30,45-48H,5-6,8-11,15-18H2,1-3H3,(H,40,49)(H,41,44)(H,50,51)/t24-,25+,27+,29+,30+,33-,34+/m0/s1. The number of hydrogen-bond donors (Lipinski definition) is 7. The lowest BCUT2D eigenvalue weighted by Gasteiger charge is -2.49. The Balaban J connectivity index is 1.32. The molecule has 2 amide bonds. The predicted octanol–water partition coefficient (Wildman–Crippen LogP) is 0.724. The molecule has 3 aliphatic heterocycles. The number of alkyl halides is 3. The number of hydrogen-bond acceptors (Lipinski definition) is 12. The van der Waals surface area contributed by atoms with Crippen LogP contribution in [0.15, 0.2) is 30.5 Å². The summed E-state index contributed by atoms with van der Waals surface area (Å²) in [4.78, 5) is 45.8. The molecule has 0 bridgehead atoms. The van der Waals surface area contributed by atoms with Crippen LogP contribution in [-0.4, -0.2) is 141 Å². The lowest BCUT2D eigenvalue weighted by atomic mass is 9.81. The van der Waals surface area contributed by atoms with Gasteiger partial charge in [-0.15, -0.1) is 0 Å². The second kappa shape index (κ2) is 15.7. The number of phenols is 1. The monoisotopic (exact) mass is 753 g/mol. The highest BCUT2D eigenvalue weighted by atomic mass is 19.4. The number of aliphatic hydroxyl groups is 3. The van der Waals surface area contributed by atoms with Gasteiger partial charge in [0.15, 0.2) is 5.60 Å². The number of phenolic OH excluding ortho intramolecular Hbond substituents is 1. The molecule has 1 aromatic carbocycles. The minimum absolute atomic E-state index is 0.0254. The Labute approximate surface area is 303 Å². The molecule has 0 saturated carbocycles. The van der Waals surface area contributed by atoms with Crippen LogP contribution in [-0.2, 0) is 25.2 Å². The first-order valence-electron chi connectivity index (χ1n) is 17.3. The van der Waals surface area contributed by atoms with Gasteiger partial charge >= 0.3 is 12.1 Å². The van der Waals surface area contributed by atoms with Crippen LogP contribution in [0.4, 0.5) is 19.0 Å². The molecule has 15 nitrogen and oxygen atoms in total. The number of aliphatic hydroxyl groups excluding tert-OH is 3. The Morgan fingerprint density at radius 3 is 2.47 bits per heavy atom. The third kappa shape index (κ3) is 8.68. The molecule has 7 N–H and O–H groups in total. The number of pyridine rings is 1. The number of aryl methyl sites for hydroxylation is 2. The number of benzene rings is 1. The number of rotatable bonds is 11. The van der Waals surface area contributed by atoms with Gasteiger partial charge in [0.1, 0.15) is 23.8 Å². The first kappa shape index (κ1) is 40.1. The van der Waals surface area contributed by atoms with Crippen LogP contribution >= 0.6 is 0 Å². The Morgan fingerprint density at radius 2 is 1.83 bits per heavy atom. The SMILES string of the molecule is CC(=O)N[C@H]1[C@H]([C@H](O)[C@H](O)CNC(=O)c2cc(C)c(O)c(C)c2)O[C@@](CCN2CCOC[C@@]23CCN(c2cc(C(F)(F)F)ccn2)C3)(C(=O)O)C[C@@H]1O. The number of anilines is 1. The van der Waals surface area contributed by atoms with Crippen molar-refractivity contribution in [2.75, 3.05) is 50.8 Å². The third-order valence-electron chi connectivity index (χ3n) is 10.4. The van der Waals surface area contributed by atoms with Crippen molar-refractivity contribution in [3.8, 4) is 5.75 Å². The number of carbonyl (C=O) groups is 3. The summed E-state index contributed by atoms with van der Waals surface area (Å²) in [6, 6.07) is 3.43. The van der Waals surface area contributed by atoms with E-state index in [4.69, 9.17) is 9.47 Å². The van der Waals surface area contributed by atoms with E-state index in [1.165, 1.54) is 12.1 Å². The molecule has 0 aliphatic carbocycles. The minimum Gasteiger partial charge on any atom is -0.507 e. The molecule has 0 unspecified atom stereocenters. The van der Waals surface area contributed by atoms with Crippen molar-refractivity contribution in [2.24, 2.45) is 0 Å². The summed E-state index contributed by atoms with van der Waals surface area (Å²) < 4.78 is 52.2. The number of morpholine rings is 1. The molecular formula is C35H46F3N5O10. The van der Waals surface area contributed by atoms with E-state index in [0.29, 0.717) is 37.2 Å². The third-order valence-corrected chi connectivity index (χ3v) is 10.4. The summed E-state index contributed by atoms with van der Waals surface area (Å²) in [6.07, 6.45) is -10.5. The quantitative estimate of drug-likeness (QED) is 0.169. The number of amides is 2. The number of nitrogens with one attached hydrogen (secondary N) is 2. The average molecular weight is 754 g/mol. The number of nitrogens with zero attached hydrogens (tertiary/aromatic N) is 3. The molecule has 7 atom stereocenters. The molecule has 53 heavy (non-hydrogen) atoms.